The fourth-order valence-electron chi connectivity index (χ4n) is 3.85. The molecule has 164 valence electrons. The van der Waals surface area contributed by atoms with E-state index in [1.165, 1.54) is 47.4 Å². The van der Waals surface area contributed by atoms with Crippen molar-refractivity contribution in [2.75, 3.05) is 4.90 Å². The van der Waals surface area contributed by atoms with E-state index in [0.29, 0.717) is 21.3 Å². The Morgan fingerprint density at radius 1 is 0.970 bits per heavy atom. The lowest BCUT2D eigenvalue weighted by Gasteiger charge is -2.23. The van der Waals surface area contributed by atoms with Crippen LogP contribution in [0.5, 0.6) is 0 Å². The fraction of sp³-hybridized carbons (Fsp3) is 0.0800. The Morgan fingerprint density at radius 2 is 1.64 bits per heavy atom. The fourth-order valence-corrected chi connectivity index (χ4v) is 4.86. The second-order valence-corrected chi connectivity index (χ2v) is 8.70. The maximum atomic E-state index is 13.7. The molecule has 0 spiro atoms. The molecule has 3 aromatic carbocycles. The largest absolute Gasteiger partial charge is 0.507 e. The third kappa shape index (κ3) is 3.58. The third-order valence-electron chi connectivity index (χ3n) is 5.50. The normalized spacial score (nSPS) is 17.8. The number of ketones is 1. The summed E-state index contributed by atoms with van der Waals surface area (Å²) in [5.74, 6) is -3.03. The monoisotopic (exact) mass is 462 g/mol. The average molecular weight is 462 g/mol. The van der Waals surface area contributed by atoms with Crippen LogP contribution in [-0.2, 0) is 9.59 Å². The summed E-state index contributed by atoms with van der Waals surface area (Å²) in [5.41, 5.74) is 2.10. The minimum absolute atomic E-state index is 0.124. The van der Waals surface area contributed by atoms with Crippen molar-refractivity contribution >= 4 is 44.1 Å². The first-order valence-corrected chi connectivity index (χ1v) is 10.8. The van der Waals surface area contributed by atoms with Gasteiger partial charge in [-0.3, -0.25) is 14.5 Å². The van der Waals surface area contributed by atoms with Crippen molar-refractivity contribution in [2.45, 2.75) is 13.0 Å². The number of anilines is 1. The first kappa shape index (κ1) is 21.0. The van der Waals surface area contributed by atoms with Crippen molar-refractivity contribution in [3.8, 4) is 0 Å². The van der Waals surface area contributed by atoms with Crippen LogP contribution in [0.15, 0.2) is 72.3 Å². The Kier molecular flexibility index (Phi) is 5.02. The lowest BCUT2D eigenvalue weighted by Crippen LogP contribution is -2.29. The molecule has 8 heteroatoms. The smallest absolute Gasteiger partial charge is 0.301 e. The van der Waals surface area contributed by atoms with Gasteiger partial charge < -0.3 is 5.11 Å². The van der Waals surface area contributed by atoms with Crippen molar-refractivity contribution in [1.82, 2.24) is 4.98 Å². The molecule has 1 saturated heterocycles. The predicted molar refractivity (Wildman–Crippen MR) is 122 cm³/mol. The molecular formula is C25H16F2N2O3S. The topological polar surface area (TPSA) is 70.5 Å². The maximum absolute atomic E-state index is 13.7. The molecule has 2 heterocycles. The van der Waals surface area contributed by atoms with E-state index in [1.54, 1.807) is 24.3 Å². The number of aliphatic hydroxyl groups is 1. The van der Waals surface area contributed by atoms with Crippen LogP contribution in [-0.4, -0.2) is 21.8 Å². The molecule has 1 unspecified atom stereocenters. The van der Waals surface area contributed by atoms with Crippen LogP contribution >= 0.6 is 11.3 Å². The summed E-state index contributed by atoms with van der Waals surface area (Å²) in [4.78, 5) is 31.9. The van der Waals surface area contributed by atoms with Crippen LogP contribution in [0.4, 0.5) is 13.9 Å². The molecule has 0 bridgehead atoms. The minimum Gasteiger partial charge on any atom is -0.507 e. The summed E-state index contributed by atoms with van der Waals surface area (Å²) in [7, 11) is 0. The molecule has 1 amide bonds. The van der Waals surface area contributed by atoms with Gasteiger partial charge in [-0.1, -0.05) is 53.3 Å². The number of amides is 1. The molecule has 1 aromatic heterocycles. The zero-order valence-electron chi connectivity index (χ0n) is 17.3. The first-order valence-electron chi connectivity index (χ1n) is 10.0. The van der Waals surface area contributed by atoms with Gasteiger partial charge in [-0.15, -0.1) is 0 Å². The van der Waals surface area contributed by atoms with Gasteiger partial charge in [-0.05, 0) is 42.8 Å². The number of aromatic nitrogens is 1. The highest BCUT2D eigenvalue weighted by molar-refractivity contribution is 7.22. The minimum atomic E-state index is -1.03. The van der Waals surface area contributed by atoms with Crippen molar-refractivity contribution in [3.63, 3.8) is 0 Å². The van der Waals surface area contributed by atoms with Crippen LogP contribution in [0.25, 0.3) is 16.0 Å². The van der Waals surface area contributed by atoms with Gasteiger partial charge in [0, 0.05) is 5.56 Å². The summed E-state index contributed by atoms with van der Waals surface area (Å²) in [6, 6.07) is 15.2. The molecular weight excluding hydrogens is 446 g/mol. The summed E-state index contributed by atoms with van der Waals surface area (Å²) < 4.78 is 27.8. The Morgan fingerprint density at radius 3 is 2.33 bits per heavy atom. The maximum Gasteiger partial charge on any atom is 0.301 e. The number of aliphatic hydroxyl groups excluding tert-OH is 1. The van der Waals surface area contributed by atoms with Gasteiger partial charge in [0.15, 0.2) is 5.13 Å². The SMILES string of the molecule is Cc1ccc(C(O)=C2C(=O)C(=O)N(c3nc4ccc(F)cc4s3)C2c2ccc(F)cc2)cc1. The second-order valence-electron chi connectivity index (χ2n) is 7.70. The van der Waals surface area contributed by atoms with Gasteiger partial charge in [-0.25, -0.2) is 13.8 Å². The molecule has 5 nitrogen and oxygen atoms in total. The molecule has 0 aliphatic carbocycles. The van der Waals surface area contributed by atoms with E-state index in [2.05, 4.69) is 4.98 Å². The van der Waals surface area contributed by atoms with Crippen LogP contribution in [0.1, 0.15) is 22.7 Å². The standard InChI is InChI=1S/C25H16F2N2O3S/c1-13-2-4-15(5-3-13)22(30)20-21(14-6-8-16(26)9-7-14)29(24(32)23(20)31)25-28-18-11-10-17(27)12-19(18)33-25/h2-12,21,30H,1H3. The summed E-state index contributed by atoms with van der Waals surface area (Å²) in [5, 5.41) is 11.2. The molecule has 0 saturated carbocycles. The number of Topliss-reactive ketones (excluding diaryl/α,β-unsaturated/α-hetero) is 1. The number of aryl methyl sites for hydroxylation is 1. The summed E-state index contributed by atoms with van der Waals surface area (Å²) in [6.45, 7) is 1.89. The van der Waals surface area contributed by atoms with Crippen LogP contribution in [0.3, 0.4) is 0 Å². The Balaban J connectivity index is 1.73. The van der Waals surface area contributed by atoms with E-state index in [-0.39, 0.29) is 16.5 Å². The molecule has 1 N–H and O–H groups in total. The predicted octanol–water partition coefficient (Wildman–Crippen LogP) is 5.51. The molecule has 1 fully saturated rings. The number of thiazole rings is 1. The van der Waals surface area contributed by atoms with Crippen molar-refractivity contribution in [3.05, 3.63) is 101 Å². The van der Waals surface area contributed by atoms with Gasteiger partial charge in [0.25, 0.3) is 5.78 Å². The van der Waals surface area contributed by atoms with Gasteiger partial charge in [0.2, 0.25) is 0 Å². The Bertz CT molecular complexity index is 1440. The van der Waals surface area contributed by atoms with E-state index >= 15 is 0 Å². The number of nitrogens with zero attached hydrogens (tertiary/aromatic N) is 2. The Hall–Kier alpha value is -3.91. The second kappa shape index (κ2) is 7.90. The Labute approximate surface area is 191 Å². The quantitative estimate of drug-likeness (QED) is 0.248. The third-order valence-corrected chi connectivity index (χ3v) is 6.52. The van der Waals surface area contributed by atoms with Crippen LogP contribution < -0.4 is 4.90 Å². The molecule has 1 aliphatic rings. The number of carbonyl (C=O) groups is 2. The molecule has 33 heavy (non-hydrogen) atoms. The van der Waals surface area contributed by atoms with E-state index in [1.807, 2.05) is 6.92 Å². The zero-order valence-corrected chi connectivity index (χ0v) is 18.1. The number of hydrogen-bond donors (Lipinski definition) is 1. The highest BCUT2D eigenvalue weighted by Crippen LogP contribution is 2.44. The molecule has 4 aromatic rings. The highest BCUT2D eigenvalue weighted by atomic mass is 32.1. The van der Waals surface area contributed by atoms with Crippen molar-refractivity contribution in [2.24, 2.45) is 0 Å². The lowest BCUT2D eigenvalue weighted by molar-refractivity contribution is -0.132. The van der Waals surface area contributed by atoms with Crippen LogP contribution in [0.2, 0.25) is 0 Å². The molecule has 1 aliphatic heterocycles. The number of halogens is 2. The highest BCUT2D eigenvalue weighted by Gasteiger charge is 2.48. The van der Waals surface area contributed by atoms with Gasteiger partial charge in [0.05, 0.1) is 21.8 Å². The molecule has 0 radical (unpaired) electrons. The zero-order chi connectivity index (χ0) is 23.3. The van der Waals surface area contributed by atoms with E-state index in [4.69, 9.17) is 0 Å². The average Bonchev–Trinajstić information content (AvgIpc) is 3.32. The lowest BCUT2D eigenvalue weighted by atomic mass is 9.95. The number of carbonyl (C=O) groups excluding carboxylic acids is 2. The molecule has 5 rings (SSSR count). The van der Waals surface area contributed by atoms with Crippen molar-refractivity contribution in [1.29, 1.82) is 0 Å². The van der Waals surface area contributed by atoms with Gasteiger partial charge >= 0.3 is 5.91 Å². The van der Waals surface area contributed by atoms with Gasteiger partial charge in [0.1, 0.15) is 17.4 Å². The number of rotatable bonds is 3. The number of benzene rings is 3. The summed E-state index contributed by atoms with van der Waals surface area (Å²) >= 11 is 1.05. The van der Waals surface area contributed by atoms with Gasteiger partial charge in [-0.2, -0.15) is 0 Å². The van der Waals surface area contributed by atoms with Crippen LogP contribution in [0, 0.1) is 18.6 Å². The van der Waals surface area contributed by atoms with E-state index in [0.717, 1.165) is 16.9 Å². The summed E-state index contributed by atoms with van der Waals surface area (Å²) in [6.07, 6.45) is 0. The first-order chi connectivity index (χ1) is 15.8. The van der Waals surface area contributed by atoms with Crippen molar-refractivity contribution < 1.29 is 23.5 Å². The van der Waals surface area contributed by atoms with E-state index in [9.17, 15) is 23.5 Å². The van der Waals surface area contributed by atoms with E-state index < -0.39 is 29.4 Å². The number of fused-ring (bicyclic) bond motifs is 1. The molecule has 1 atom stereocenters. The number of hydrogen-bond acceptors (Lipinski definition) is 5.